The lowest BCUT2D eigenvalue weighted by Crippen LogP contribution is -2.41. The summed E-state index contributed by atoms with van der Waals surface area (Å²) in [6.07, 6.45) is 2.77. The molecule has 1 aromatic heterocycles. The molecule has 7 heteroatoms. The summed E-state index contributed by atoms with van der Waals surface area (Å²) < 4.78 is 18.7. The van der Waals surface area contributed by atoms with Crippen LogP contribution < -0.4 is 10.5 Å². The fraction of sp³-hybridized carbons (Fsp3) is 0.294. The lowest BCUT2D eigenvalue weighted by Gasteiger charge is -2.32. The van der Waals surface area contributed by atoms with Crippen molar-refractivity contribution in [2.75, 3.05) is 18.8 Å². The Morgan fingerprint density at radius 1 is 1.29 bits per heavy atom. The number of ether oxygens (including phenoxy) is 1. The normalized spacial score (nSPS) is 15.3. The van der Waals surface area contributed by atoms with Crippen molar-refractivity contribution in [1.29, 1.82) is 0 Å². The summed E-state index contributed by atoms with van der Waals surface area (Å²) in [5.41, 5.74) is 5.99. The Hall–Kier alpha value is -2.34. The number of halogens is 2. The molecule has 0 aliphatic carbocycles. The number of likely N-dealkylation sites (tertiary alicyclic amines) is 1. The Morgan fingerprint density at radius 2 is 1.96 bits per heavy atom. The van der Waals surface area contributed by atoms with Gasteiger partial charge in [0.2, 0.25) is 0 Å². The van der Waals surface area contributed by atoms with Crippen LogP contribution in [-0.4, -0.2) is 35.0 Å². The van der Waals surface area contributed by atoms with E-state index in [0.717, 1.165) is 0 Å². The van der Waals surface area contributed by atoms with Gasteiger partial charge in [-0.05, 0) is 30.3 Å². The van der Waals surface area contributed by atoms with Gasteiger partial charge in [-0.15, -0.1) is 0 Å². The van der Waals surface area contributed by atoms with Gasteiger partial charge in [0.1, 0.15) is 23.5 Å². The van der Waals surface area contributed by atoms with E-state index < -0.39 is 0 Å². The zero-order valence-corrected chi connectivity index (χ0v) is 13.7. The highest BCUT2D eigenvalue weighted by molar-refractivity contribution is 6.33. The van der Waals surface area contributed by atoms with Crippen molar-refractivity contribution in [1.82, 2.24) is 9.88 Å². The highest BCUT2D eigenvalue weighted by Crippen LogP contribution is 2.23. The van der Waals surface area contributed by atoms with Crippen molar-refractivity contribution in [3.8, 4) is 5.75 Å². The second-order valence-corrected chi connectivity index (χ2v) is 6.06. The first kappa shape index (κ1) is 16.5. The van der Waals surface area contributed by atoms with Gasteiger partial charge in [0.05, 0.1) is 10.6 Å². The molecule has 0 radical (unpaired) electrons. The number of carbonyl (C=O) groups is 1. The van der Waals surface area contributed by atoms with Gasteiger partial charge in [-0.2, -0.15) is 0 Å². The first-order chi connectivity index (χ1) is 11.5. The first-order valence-electron chi connectivity index (χ1n) is 7.65. The molecule has 0 atom stereocenters. The second-order valence-electron chi connectivity index (χ2n) is 5.65. The minimum atomic E-state index is -0.295. The minimum Gasteiger partial charge on any atom is -0.490 e. The fourth-order valence-corrected chi connectivity index (χ4v) is 2.86. The van der Waals surface area contributed by atoms with Crippen LogP contribution in [0.4, 0.5) is 10.2 Å². The van der Waals surface area contributed by atoms with Gasteiger partial charge in [0.15, 0.2) is 0 Å². The van der Waals surface area contributed by atoms with Gasteiger partial charge < -0.3 is 15.4 Å². The quantitative estimate of drug-likeness (QED) is 0.924. The van der Waals surface area contributed by atoms with Crippen LogP contribution >= 0.6 is 11.6 Å². The Labute approximate surface area is 144 Å². The first-order valence-corrected chi connectivity index (χ1v) is 8.03. The number of hydrogen-bond donors (Lipinski definition) is 1. The predicted molar refractivity (Wildman–Crippen MR) is 89.6 cm³/mol. The molecule has 0 saturated carbocycles. The molecule has 1 aromatic carbocycles. The molecule has 1 aliphatic heterocycles. The Morgan fingerprint density at radius 3 is 2.62 bits per heavy atom. The number of piperidine rings is 1. The van der Waals surface area contributed by atoms with Crippen molar-refractivity contribution in [3.63, 3.8) is 0 Å². The highest BCUT2D eigenvalue weighted by Gasteiger charge is 2.26. The number of amides is 1. The van der Waals surface area contributed by atoms with Crippen molar-refractivity contribution < 1.29 is 13.9 Å². The van der Waals surface area contributed by atoms with Crippen LogP contribution in [0.25, 0.3) is 0 Å². The van der Waals surface area contributed by atoms with E-state index in [1.54, 1.807) is 17.0 Å². The maximum absolute atomic E-state index is 12.9. The molecule has 1 aliphatic rings. The Kier molecular flexibility index (Phi) is 4.85. The number of carbonyl (C=O) groups excluding carboxylic acids is 1. The molecular weight excluding hydrogens is 333 g/mol. The predicted octanol–water partition coefficient (Wildman–Crippen LogP) is 3.14. The molecule has 1 fully saturated rings. The number of benzene rings is 1. The number of rotatable bonds is 3. The van der Waals surface area contributed by atoms with E-state index in [1.165, 1.54) is 24.4 Å². The molecule has 2 N–H and O–H groups in total. The highest BCUT2D eigenvalue weighted by atomic mass is 35.5. The van der Waals surface area contributed by atoms with Crippen molar-refractivity contribution in [2.45, 2.75) is 18.9 Å². The van der Waals surface area contributed by atoms with Crippen LogP contribution in [0.3, 0.4) is 0 Å². The molecule has 0 unspecified atom stereocenters. The molecule has 1 saturated heterocycles. The van der Waals surface area contributed by atoms with Gasteiger partial charge >= 0.3 is 0 Å². The van der Waals surface area contributed by atoms with Crippen LogP contribution in [-0.2, 0) is 0 Å². The van der Waals surface area contributed by atoms with Crippen LogP contribution in [0.1, 0.15) is 23.2 Å². The standard InChI is InChI=1S/C17H17ClFN3O2/c18-15-10-21-16(20)9-14(15)17(23)22-7-5-13(6-8-22)24-12-3-1-11(19)2-4-12/h1-4,9-10,13H,5-8H2,(H2,20,21). The van der Waals surface area contributed by atoms with Gasteiger partial charge in [0, 0.05) is 32.1 Å². The average molecular weight is 350 g/mol. The summed E-state index contributed by atoms with van der Waals surface area (Å²) in [6, 6.07) is 7.43. The lowest BCUT2D eigenvalue weighted by molar-refractivity contribution is 0.0595. The minimum absolute atomic E-state index is 0.00232. The number of pyridine rings is 1. The zero-order chi connectivity index (χ0) is 17.1. The average Bonchev–Trinajstić information content (AvgIpc) is 2.59. The van der Waals surface area contributed by atoms with E-state index >= 15 is 0 Å². The molecule has 1 amide bonds. The van der Waals surface area contributed by atoms with Gasteiger partial charge in [-0.1, -0.05) is 11.6 Å². The van der Waals surface area contributed by atoms with Gasteiger partial charge in [-0.25, -0.2) is 9.37 Å². The van der Waals surface area contributed by atoms with Crippen molar-refractivity contribution in [2.24, 2.45) is 0 Å². The third-order valence-electron chi connectivity index (χ3n) is 3.95. The summed E-state index contributed by atoms with van der Waals surface area (Å²) >= 11 is 6.04. The third-order valence-corrected chi connectivity index (χ3v) is 4.25. The summed E-state index contributed by atoms with van der Waals surface area (Å²) in [4.78, 5) is 18.1. The second kappa shape index (κ2) is 7.05. The zero-order valence-electron chi connectivity index (χ0n) is 12.9. The van der Waals surface area contributed by atoms with E-state index in [1.807, 2.05) is 0 Å². The van der Waals surface area contributed by atoms with Crippen LogP contribution in [0.15, 0.2) is 36.5 Å². The molecule has 126 valence electrons. The molecule has 2 heterocycles. The van der Waals surface area contributed by atoms with E-state index in [0.29, 0.717) is 42.3 Å². The molecule has 24 heavy (non-hydrogen) atoms. The number of anilines is 1. The van der Waals surface area contributed by atoms with E-state index in [2.05, 4.69) is 4.98 Å². The number of nitrogens with zero attached hydrogens (tertiary/aromatic N) is 2. The number of hydrogen-bond acceptors (Lipinski definition) is 4. The number of nitrogens with two attached hydrogens (primary N) is 1. The molecule has 5 nitrogen and oxygen atoms in total. The lowest BCUT2D eigenvalue weighted by atomic mass is 10.1. The maximum Gasteiger partial charge on any atom is 0.255 e. The molecule has 2 aromatic rings. The molecule has 0 bridgehead atoms. The summed E-state index contributed by atoms with van der Waals surface area (Å²) in [5.74, 6) is 0.439. The monoisotopic (exact) mass is 349 g/mol. The van der Waals surface area contributed by atoms with Crippen molar-refractivity contribution in [3.05, 3.63) is 52.9 Å². The van der Waals surface area contributed by atoms with E-state index in [-0.39, 0.29) is 23.6 Å². The van der Waals surface area contributed by atoms with Crippen LogP contribution in [0, 0.1) is 5.82 Å². The topological polar surface area (TPSA) is 68.5 Å². The Balaban J connectivity index is 1.59. The third kappa shape index (κ3) is 3.76. The number of nitrogen functional groups attached to an aromatic ring is 1. The smallest absolute Gasteiger partial charge is 0.255 e. The van der Waals surface area contributed by atoms with E-state index in [9.17, 15) is 9.18 Å². The summed E-state index contributed by atoms with van der Waals surface area (Å²) in [7, 11) is 0. The SMILES string of the molecule is Nc1cc(C(=O)N2CCC(Oc3ccc(F)cc3)CC2)c(Cl)cn1. The molecular formula is C17H17ClFN3O2. The summed E-state index contributed by atoms with van der Waals surface area (Å²) in [6.45, 7) is 1.12. The fourth-order valence-electron chi connectivity index (χ4n) is 2.67. The van der Waals surface area contributed by atoms with Crippen LogP contribution in [0.2, 0.25) is 5.02 Å². The largest absolute Gasteiger partial charge is 0.490 e. The van der Waals surface area contributed by atoms with E-state index in [4.69, 9.17) is 22.1 Å². The molecule has 3 rings (SSSR count). The van der Waals surface area contributed by atoms with Gasteiger partial charge in [0.25, 0.3) is 5.91 Å². The van der Waals surface area contributed by atoms with Gasteiger partial charge in [-0.3, -0.25) is 4.79 Å². The number of aromatic nitrogens is 1. The van der Waals surface area contributed by atoms with Crippen molar-refractivity contribution >= 4 is 23.3 Å². The Bertz CT molecular complexity index is 731. The summed E-state index contributed by atoms with van der Waals surface area (Å²) in [5, 5.41) is 0.291. The maximum atomic E-state index is 12.9. The molecule has 0 spiro atoms. The van der Waals surface area contributed by atoms with Crippen LogP contribution in [0.5, 0.6) is 5.75 Å².